The summed E-state index contributed by atoms with van der Waals surface area (Å²) in [5.41, 5.74) is 7.74. The molecule has 0 amide bonds. The number of fused-ring (bicyclic) bond motifs is 2. The molecule has 6 aromatic rings. The van der Waals surface area contributed by atoms with Gasteiger partial charge in [-0.2, -0.15) is 16.4 Å². The largest absolute Gasteiger partial charge is 0.358 e. The number of benzene rings is 1. The normalized spacial score (nSPS) is 14.0. The maximum Gasteiger partial charge on any atom is 0.178 e. The molecule has 9 heteroatoms. The van der Waals surface area contributed by atoms with Crippen LogP contribution in [0.1, 0.15) is 25.7 Å². The van der Waals surface area contributed by atoms with E-state index in [9.17, 15) is 0 Å². The predicted octanol–water partition coefficient (Wildman–Crippen LogP) is 7.55. The van der Waals surface area contributed by atoms with Gasteiger partial charge in [0.15, 0.2) is 17.3 Å². The van der Waals surface area contributed by atoms with Crippen molar-refractivity contribution >= 4 is 39.1 Å². The molecule has 5 aromatic heterocycles. The third kappa shape index (κ3) is 3.95. The van der Waals surface area contributed by atoms with E-state index in [1.165, 1.54) is 18.9 Å². The van der Waals surface area contributed by atoms with Crippen LogP contribution < -0.4 is 5.32 Å². The lowest BCUT2D eigenvalue weighted by atomic mass is 10.0. The summed E-state index contributed by atoms with van der Waals surface area (Å²) in [6.45, 7) is 4.24. The van der Waals surface area contributed by atoms with Crippen molar-refractivity contribution in [3.8, 4) is 33.8 Å². The third-order valence-electron chi connectivity index (χ3n) is 7.30. The molecular formula is C29H24FN7S. The first-order valence-electron chi connectivity index (χ1n) is 12.6. The standard InChI is InChI=1S/C29H24FN7S/c1-16(17-4-2-3-5-17)33-21-10-20(13-31-14-21)19-11-23-25(24(30)12-19)36-37-27(23)29-34-26-22(18-7-9-38-15-18)6-8-32-28(26)35-29/h6-15,17,33H,1-5H2,(H,36,37)(H,32,34,35). The van der Waals surface area contributed by atoms with Gasteiger partial charge in [-0.1, -0.05) is 19.4 Å². The third-order valence-corrected chi connectivity index (χ3v) is 7.98. The Labute approximate surface area is 221 Å². The maximum absolute atomic E-state index is 15.3. The van der Waals surface area contributed by atoms with Crippen molar-refractivity contribution < 1.29 is 4.39 Å². The maximum atomic E-state index is 15.3. The van der Waals surface area contributed by atoms with E-state index < -0.39 is 5.82 Å². The zero-order chi connectivity index (χ0) is 25.6. The van der Waals surface area contributed by atoms with Crippen molar-refractivity contribution in [3.63, 3.8) is 0 Å². The van der Waals surface area contributed by atoms with E-state index in [1.54, 1.807) is 29.9 Å². The Morgan fingerprint density at radius 2 is 1.97 bits per heavy atom. The summed E-state index contributed by atoms with van der Waals surface area (Å²) in [6.07, 6.45) is 10.1. The lowest BCUT2D eigenvalue weighted by molar-refractivity contribution is 0.636. The molecule has 1 aliphatic rings. The molecular weight excluding hydrogens is 497 g/mol. The van der Waals surface area contributed by atoms with Gasteiger partial charge in [0.05, 0.1) is 17.4 Å². The summed E-state index contributed by atoms with van der Waals surface area (Å²) in [4.78, 5) is 16.9. The lowest BCUT2D eigenvalue weighted by Gasteiger charge is -2.16. The SMILES string of the molecule is C=C(Nc1cncc(-c2cc(F)c3n[nH]c(-c4nc5nccc(-c6ccsc6)c5[nH]4)c3c2)c1)C1CCCC1. The number of allylic oxidation sites excluding steroid dienone is 1. The van der Waals surface area contributed by atoms with Crippen molar-refractivity contribution in [2.24, 2.45) is 5.92 Å². The number of thiophene rings is 1. The van der Waals surface area contributed by atoms with Crippen LogP contribution in [0.15, 0.2) is 72.0 Å². The predicted molar refractivity (Wildman–Crippen MR) is 150 cm³/mol. The Bertz CT molecular complexity index is 1790. The Kier molecular flexibility index (Phi) is 5.51. The van der Waals surface area contributed by atoms with Gasteiger partial charge in [0.1, 0.15) is 11.2 Å². The molecule has 7 rings (SSSR count). The van der Waals surface area contributed by atoms with Gasteiger partial charge in [0.25, 0.3) is 0 Å². The lowest BCUT2D eigenvalue weighted by Crippen LogP contribution is -2.07. The average Bonchev–Trinajstić information content (AvgIpc) is 3.74. The number of pyridine rings is 2. The second-order valence-corrected chi connectivity index (χ2v) is 10.5. The highest BCUT2D eigenvalue weighted by Gasteiger charge is 2.20. The molecule has 1 fully saturated rings. The van der Waals surface area contributed by atoms with Crippen LogP contribution in [-0.2, 0) is 0 Å². The monoisotopic (exact) mass is 521 g/mol. The summed E-state index contributed by atoms with van der Waals surface area (Å²) in [5.74, 6) is 0.622. The van der Waals surface area contributed by atoms with Crippen LogP contribution in [0, 0.1) is 11.7 Å². The van der Waals surface area contributed by atoms with Gasteiger partial charge >= 0.3 is 0 Å². The zero-order valence-corrected chi connectivity index (χ0v) is 21.3. The van der Waals surface area contributed by atoms with E-state index >= 15 is 4.39 Å². The Hall–Kier alpha value is -4.37. The zero-order valence-electron chi connectivity index (χ0n) is 20.5. The fourth-order valence-corrected chi connectivity index (χ4v) is 5.99. The fourth-order valence-electron chi connectivity index (χ4n) is 5.34. The average molecular weight is 522 g/mol. The Morgan fingerprint density at radius 3 is 2.82 bits per heavy atom. The van der Waals surface area contributed by atoms with Crippen LogP contribution in [0.5, 0.6) is 0 Å². The number of rotatable bonds is 6. The van der Waals surface area contributed by atoms with Gasteiger partial charge in [-0.15, -0.1) is 0 Å². The van der Waals surface area contributed by atoms with Gasteiger partial charge < -0.3 is 10.3 Å². The molecule has 5 heterocycles. The van der Waals surface area contributed by atoms with Gasteiger partial charge in [-0.3, -0.25) is 10.1 Å². The number of anilines is 1. The smallest absolute Gasteiger partial charge is 0.178 e. The fraction of sp³-hybridized carbons (Fsp3) is 0.172. The number of hydrogen-bond donors (Lipinski definition) is 3. The molecule has 0 radical (unpaired) electrons. The minimum absolute atomic E-state index is 0.257. The van der Waals surface area contributed by atoms with Crippen molar-refractivity contribution in [2.75, 3.05) is 5.32 Å². The van der Waals surface area contributed by atoms with Crippen LogP contribution in [0.4, 0.5) is 10.1 Å². The molecule has 188 valence electrons. The molecule has 0 spiro atoms. The summed E-state index contributed by atoms with van der Waals surface area (Å²) >= 11 is 1.63. The van der Waals surface area contributed by atoms with Gasteiger partial charge in [-0.25, -0.2) is 14.4 Å². The van der Waals surface area contributed by atoms with Crippen LogP contribution in [0.25, 0.3) is 55.8 Å². The number of halogens is 1. The highest BCUT2D eigenvalue weighted by molar-refractivity contribution is 7.08. The first-order chi connectivity index (χ1) is 18.6. The minimum Gasteiger partial charge on any atom is -0.358 e. The highest BCUT2D eigenvalue weighted by Crippen LogP contribution is 2.35. The quantitative estimate of drug-likeness (QED) is 0.210. The number of aromatic nitrogens is 6. The number of nitrogens with one attached hydrogen (secondary N) is 3. The summed E-state index contributed by atoms with van der Waals surface area (Å²) in [5, 5.41) is 15.4. The number of nitrogens with zero attached hydrogens (tertiary/aromatic N) is 4. The molecule has 0 unspecified atom stereocenters. The molecule has 1 aliphatic carbocycles. The number of H-pyrrole nitrogens is 2. The molecule has 1 saturated carbocycles. The minimum atomic E-state index is -0.415. The Balaban J connectivity index is 1.28. The number of imidazole rings is 1. The van der Waals surface area contributed by atoms with Crippen LogP contribution in [0.3, 0.4) is 0 Å². The molecule has 0 aliphatic heterocycles. The molecule has 0 atom stereocenters. The molecule has 1 aromatic carbocycles. The van der Waals surface area contributed by atoms with Crippen molar-refractivity contribution in [2.45, 2.75) is 25.7 Å². The van der Waals surface area contributed by atoms with Crippen molar-refractivity contribution in [1.29, 1.82) is 0 Å². The van der Waals surface area contributed by atoms with Crippen LogP contribution in [-0.4, -0.2) is 30.1 Å². The van der Waals surface area contributed by atoms with E-state index in [0.29, 0.717) is 34.0 Å². The van der Waals surface area contributed by atoms with Crippen molar-refractivity contribution in [3.05, 3.63) is 77.8 Å². The van der Waals surface area contributed by atoms with E-state index in [0.717, 1.165) is 46.4 Å². The second-order valence-electron chi connectivity index (χ2n) is 9.70. The molecule has 0 saturated heterocycles. The second kappa shape index (κ2) is 9.18. The van der Waals surface area contributed by atoms with E-state index in [4.69, 9.17) is 4.98 Å². The molecule has 38 heavy (non-hydrogen) atoms. The van der Waals surface area contributed by atoms with Crippen LogP contribution >= 0.6 is 11.3 Å². The first-order valence-corrected chi connectivity index (χ1v) is 13.5. The van der Waals surface area contributed by atoms with Gasteiger partial charge in [-0.05, 0) is 71.0 Å². The highest BCUT2D eigenvalue weighted by atomic mass is 32.1. The molecule has 3 N–H and O–H groups in total. The summed E-state index contributed by atoms with van der Waals surface area (Å²) in [7, 11) is 0. The molecule has 7 nitrogen and oxygen atoms in total. The first kappa shape index (κ1) is 22.8. The van der Waals surface area contributed by atoms with Crippen LogP contribution in [0.2, 0.25) is 0 Å². The topological polar surface area (TPSA) is 95.2 Å². The number of aromatic amines is 2. The molecule has 0 bridgehead atoms. The van der Waals surface area contributed by atoms with E-state index in [-0.39, 0.29) is 5.52 Å². The summed E-state index contributed by atoms with van der Waals surface area (Å²) in [6, 6.07) is 9.42. The Morgan fingerprint density at radius 1 is 1.08 bits per heavy atom. The summed E-state index contributed by atoms with van der Waals surface area (Å²) < 4.78 is 15.3. The van der Waals surface area contributed by atoms with Crippen molar-refractivity contribution in [1.82, 2.24) is 30.1 Å². The number of hydrogen-bond acceptors (Lipinski definition) is 6. The van der Waals surface area contributed by atoms with E-state index in [1.807, 2.05) is 23.6 Å². The van der Waals surface area contributed by atoms with Gasteiger partial charge in [0, 0.05) is 34.6 Å². The van der Waals surface area contributed by atoms with Gasteiger partial charge in [0.2, 0.25) is 0 Å². The van der Waals surface area contributed by atoms with E-state index in [2.05, 4.69) is 48.5 Å².